The Morgan fingerprint density at radius 2 is 2.07 bits per heavy atom. The highest BCUT2D eigenvalue weighted by atomic mass is 32.1. The van der Waals surface area contributed by atoms with Crippen LogP contribution in [0.2, 0.25) is 0 Å². The van der Waals surface area contributed by atoms with Crippen molar-refractivity contribution in [3.63, 3.8) is 0 Å². The summed E-state index contributed by atoms with van der Waals surface area (Å²) < 4.78 is 5.43. The molecule has 1 fully saturated rings. The van der Waals surface area contributed by atoms with Crippen molar-refractivity contribution in [1.82, 2.24) is 10.2 Å². The predicted octanol–water partition coefficient (Wildman–Crippen LogP) is 4.13. The van der Waals surface area contributed by atoms with Gasteiger partial charge in [0.05, 0.1) is 4.88 Å². The Kier molecular flexibility index (Phi) is 6.35. The quantitative estimate of drug-likeness (QED) is 0.806. The van der Waals surface area contributed by atoms with E-state index in [0.29, 0.717) is 24.0 Å². The van der Waals surface area contributed by atoms with E-state index in [1.165, 1.54) is 16.9 Å². The summed E-state index contributed by atoms with van der Waals surface area (Å²) in [7, 11) is 0. The van der Waals surface area contributed by atoms with Crippen LogP contribution in [-0.2, 0) is 4.74 Å². The predicted molar refractivity (Wildman–Crippen MR) is 113 cm³/mol. The molecule has 3 rings (SSSR count). The van der Waals surface area contributed by atoms with Crippen molar-refractivity contribution in [1.29, 1.82) is 0 Å². The van der Waals surface area contributed by atoms with Gasteiger partial charge in [-0.1, -0.05) is 6.08 Å². The molecule has 0 spiro atoms. The molecule has 2 aliphatic rings. The van der Waals surface area contributed by atoms with Crippen LogP contribution in [0.3, 0.4) is 0 Å². The molecule has 7 heteroatoms. The van der Waals surface area contributed by atoms with Crippen LogP contribution in [-0.4, -0.2) is 53.9 Å². The van der Waals surface area contributed by atoms with Crippen LogP contribution < -0.4 is 5.32 Å². The molecule has 6 nitrogen and oxygen atoms in total. The summed E-state index contributed by atoms with van der Waals surface area (Å²) in [5.41, 5.74) is 1.67. The van der Waals surface area contributed by atoms with Crippen molar-refractivity contribution in [2.45, 2.75) is 58.6 Å². The molecule has 0 saturated carbocycles. The number of carbonyl (C=O) groups is 2. The Hall–Kier alpha value is -1.99. The summed E-state index contributed by atoms with van der Waals surface area (Å²) >= 11 is 1.48. The van der Waals surface area contributed by atoms with Gasteiger partial charge in [-0.3, -0.25) is 4.79 Å². The van der Waals surface area contributed by atoms with Gasteiger partial charge in [-0.05, 0) is 58.2 Å². The van der Waals surface area contributed by atoms with Gasteiger partial charge in [-0.15, -0.1) is 11.3 Å². The molecule has 1 aromatic heterocycles. The van der Waals surface area contributed by atoms with Gasteiger partial charge in [0.1, 0.15) is 5.60 Å². The van der Waals surface area contributed by atoms with E-state index in [1.54, 1.807) is 4.90 Å². The number of nitrogens with one attached hydrogen (secondary N) is 1. The number of hydrogen-bond acceptors (Lipinski definition) is 5. The third-order valence-corrected chi connectivity index (χ3v) is 5.85. The zero-order valence-electron chi connectivity index (χ0n) is 17.1. The van der Waals surface area contributed by atoms with Gasteiger partial charge in [0.25, 0.3) is 5.91 Å². The number of nitrogens with zero attached hydrogens (tertiary/aromatic N) is 2. The molecule has 0 radical (unpaired) electrons. The Bertz CT molecular complexity index is 804. The van der Waals surface area contributed by atoms with E-state index in [2.05, 4.69) is 17.2 Å². The van der Waals surface area contributed by atoms with Gasteiger partial charge in [0.2, 0.25) is 0 Å². The number of amides is 2. The standard InChI is InChI=1S/C21H29N3O3S/c1-14-13-16(7-10-22-14)23-19(25)18-6-5-17(28-18)15-8-11-24(12-9-15)20(26)27-21(2,3)4/h5-6,8,14,22H,7,9-13H2,1-4H3. The number of thiophene rings is 1. The second-order valence-corrected chi connectivity index (χ2v) is 9.45. The Morgan fingerprint density at radius 1 is 1.29 bits per heavy atom. The highest BCUT2D eigenvalue weighted by molar-refractivity contribution is 7.15. The van der Waals surface area contributed by atoms with Crippen LogP contribution in [0, 0.1) is 0 Å². The normalized spacial score (nSPS) is 22.1. The molecular weight excluding hydrogens is 374 g/mol. The summed E-state index contributed by atoms with van der Waals surface area (Å²) in [6, 6.07) is 4.22. The minimum Gasteiger partial charge on any atom is -0.444 e. The van der Waals surface area contributed by atoms with E-state index in [1.807, 2.05) is 39.0 Å². The summed E-state index contributed by atoms with van der Waals surface area (Å²) in [6.07, 6.45) is 4.19. The maximum absolute atomic E-state index is 12.5. The highest BCUT2D eigenvalue weighted by Gasteiger charge is 2.24. The summed E-state index contributed by atoms with van der Waals surface area (Å²) in [5.74, 6) is -0.146. The van der Waals surface area contributed by atoms with Crippen LogP contribution in [0.25, 0.3) is 5.57 Å². The first kappa shape index (κ1) is 20.7. The van der Waals surface area contributed by atoms with Crippen molar-refractivity contribution in [2.75, 3.05) is 19.6 Å². The second kappa shape index (κ2) is 8.57. The van der Waals surface area contributed by atoms with Crippen molar-refractivity contribution in [3.05, 3.63) is 28.0 Å². The molecule has 1 aromatic rings. The number of piperidine rings is 1. The molecule has 1 atom stereocenters. The number of hydrogen-bond donors (Lipinski definition) is 1. The second-order valence-electron chi connectivity index (χ2n) is 8.36. The van der Waals surface area contributed by atoms with Gasteiger partial charge in [-0.25, -0.2) is 9.79 Å². The van der Waals surface area contributed by atoms with Crippen LogP contribution >= 0.6 is 11.3 Å². The molecule has 0 aromatic carbocycles. The van der Waals surface area contributed by atoms with Crippen molar-refractivity contribution < 1.29 is 14.3 Å². The molecule has 152 valence electrons. The Morgan fingerprint density at radius 3 is 2.71 bits per heavy atom. The summed E-state index contributed by atoms with van der Waals surface area (Å²) in [4.78, 5) is 32.5. The molecule has 1 N–H and O–H groups in total. The van der Waals surface area contributed by atoms with Gasteiger partial charge >= 0.3 is 6.09 Å². The lowest BCUT2D eigenvalue weighted by molar-refractivity contribution is 0.0270. The third kappa shape index (κ3) is 5.52. The Balaban J connectivity index is 1.62. The molecule has 0 aliphatic carbocycles. The van der Waals surface area contributed by atoms with Gasteiger partial charge in [-0.2, -0.15) is 0 Å². The SMILES string of the molecule is CC1CC(=NC(=O)c2ccc(C3=CCN(C(=O)OC(C)(C)C)CC3)s2)CCN1. The minimum atomic E-state index is -0.488. The van der Waals surface area contributed by atoms with Crippen molar-refractivity contribution in [2.24, 2.45) is 4.99 Å². The van der Waals surface area contributed by atoms with Crippen molar-refractivity contribution >= 4 is 34.6 Å². The zero-order valence-corrected chi connectivity index (χ0v) is 17.9. The van der Waals surface area contributed by atoms with Gasteiger partial charge in [0, 0.05) is 42.7 Å². The fourth-order valence-electron chi connectivity index (χ4n) is 3.30. The van der Waals surface area contributed by atoms with E-state index in [9.17, 15) is 9.59 Å². The lowest BCUT2D eigenvalue weighted by Crippen LogP contribution is -2.39. The van der Waals surface area contributed by atoms with E-state index < -0.39 is 5.60 Å². The number of carbonyl (C=O) groups excluding carboxylic acids is 2. The lowest BCUT2D eigenvalue weighted by atomic mass is 10.0. The number of rotatable bonds is 2. The molecular formula is C21H29N3O3S. The Labute approximate surface area is 170 Å². The molecule has 28 heavy (non-hydrogen) atoms. The maximum atomic E-state index is 12.5. The molecule has 1 unspecified atom stereocenters. The smallest absolute Gasteiger partial charge is 0.410 e. The topological polar surface area (TPSA) is 71.0 Å². The van der Waals surface area contributed by atoms with Crippen molar-refractivity contribution in [3.8, 4) is 0 Å². The van der Waals surface area contributed by atoms with Gasteiger partial charge in [0.15, 0.2) is 0 Å². The monoisotopic (exact) mass is 403 g/mol. The zero-order chi connectivity index (χ0) is 20.3. The van der Waals surface area contributed by atoms with E-state index in [-0.39, 0.29) is 12.0 Å². The molecule has 0 bridgehead atoms. The maximum Gasteiger partial charge on any atom is 0.410 e. The average molecular weight is 404 g/mol. The summed E-state index contributed by atoms with van der Waals surface area (Å²) in [6.45, 7) is 9.74. The van der Waals surface area contributed by atoms with Crippen LogP contribution in [0.15, 0.2) is 23.2 Å². The molecule has 2 amide bonds. The van der Waals surface area contributed by atoms with E-state index >= 15 is 0 Å². The largest absolute Gasteiger partial charge is 0.444 e. The first-order valence-corrected chi connectivity index (χ1v) is 10.6. The first-order chi connectivity index (χ1) is 13.2. The first-order valence-electron chi connectivity index (χ1n) is 9.82. The lowest BCUT2D eigenvalue weighted by Gasteiger charge is -2.29. The third-order valence-electron chi connectivity index (χ3n) is 4.70. The van der Waals surface area contributed by atoms with E-state index in [4.69, 9.17) is 4.74 Å². The fourth-order valence-corrected chi connectivity index (χ4v) is 4.26. The summed E-state index contributed by atoms with van der Waals surface area (Å²) in [5, 5.41) is 3.36. The highest BCUT2D eigenvalue weighted by Crippen LogP contribution is 2.30. The molecule has 1 saturated heterocycles. The number of aliphatic imine (C=N–C) groups is 1. The molecule has 3 heterocycles. The van der Waals surface area contributed by atoms with Crippen LogP contribution in [0.5, 0.6) is 0 Å². The number of ether oxygens (including phenoxy) is 1. The minimum absolute atomic E-state index is 0.146. The average Bonchev–Trinajstić information content (AvgIpc) is 3.11. The molecule has 2 aliphatic heterocycles. The van der Waals surface area contributed by atoms with Crippen LogP contribution in [0.1, 0.15) is 61.5 Å². The van der Waals surface area contributed by atoms with Gasteiger partial charge < -0.3 is 15.0 Å². The fraction of sp³-hybridized carbons (Fsp3) is 0.571. The van der Waals surface area contributed by atoms with E-state index in [0.717, 1.165) is 36.4 Å². The van der Waals surface area contributed by atoms with Crippen LogP contribution in [0.4, 0.5) is 4.79 Å².